The van der Waals surface area contributed by atoms with Gasteiger partial charge in [0.2, 0.25) is 0 Å². The molecule has 9 heteroatoms. The van der Waals surface area contributed by atoms with Gasteiger partial charge in [-0.3, -0.25) is 4.79 Å². The lowest BCUT2D eigenvalue weighted by atomic mass is 10.2. The summed E-state index contributed by atoms with van der Waals surface area (Å²) in [6.45, 7) is 0.827. The van der Waals surface area contributed by atoms with Gasteiger partial charge in [-0.1, -0.05) is 0 Å². The second-order valence-electron chi connectivity index (χ2n) is 3.04. The number of pyridine rings is 1. The Morgan fingerprint density at radius 3 is 2.12 bits per heavy atom. The normalized spacial score (nSPS) is 12.6. The van der Waals surface area contributed by atoms with Gasteiger partial charge < -0.3 is 9.72 Å². The molecule has 0 bridgehead atoms. The number of nitrogens with one attached hydrogen (secondary N) is 1. The molecule has 1 aromatic heterocycles. The third kappa shape index (κ3) is 3.40. The van der Waals surface area contributed by atoms with Crippen molar-refractivity contribution in [3.8, 4) is 5.75 Å². The average molecular weight is 261 g/mol. The molecule has 1 heterocycles. The van der Waals surface area contributed by atoms with Gasteiger partial charge in [0.15, 0.2) is 0 Å². The van der Waals surface area contributed by atoms with E-state index in [9.17, 15) is 31.1 Å². The van der Waals surface area contributed by atoms with Crippen molar-refractivity contribution in [1.82, 2.24) is 4.98 Å². The first-order valence-electron chi connectivity index (χ1n) is 4.07. The first-order chi connectivity index (χ1) is 7.50. The number of H-pyrrole nitrogens is 1. The fourth-order valence-electron chi connectivity index (χ4n) is 1.22. The number of alkyl halides is 6. The lowest BCUT2D eigenvalue weighted by Gasteiger charge is -2.16. The van der Waals surface area contributed by atoms with Crippen LogP contribution in [0.3, 0.4) is 0 Å². The number of aryl methyl sites for hydroxylation is 1. The summed E-state index contributed by atoms with van der Waals surface area (Å²) in [4.78, 5) is 12.6. The van der Waals surface area contributed by atoms with Crippen molar-refractivity contribution in [2.45, 2.75) is 19.5 Å². The van der Waals surface area contributed by atoms with E-state index in [1.54, 1.807) is 4.98 Å². The summed E-state index contributed by atoms with van der Waals surface area (Å²) in [5, 5.41) is 0. The topological polar surface area (TPSA) is 42.1 Å². The molecule has 0 unspecified atom stereocenters. The van der Waals surface area contributed by atoms with Crippen molar-refractivity contribution >= 4 is 0 Å². The first-order valence-corrected chi connectivity index (χ1v) is 4.07. The summed E-state index contributed by atoms with van der Waals surface area (Å²) >= 11 is 0. The van der Waals surface area contributed by atoms with E-state index in [2.05, 4.69) is 4.74 Å². The van der Waals surface area contributed by atoms with Crippen LogP contribution in [0.5, 0.6) is 5.75 Å². The van der Waals surface area contributed by atoms with Crippen molar-refractivity contribution in [1.29, 1.82) is 0 Å². The molecule has 0 saturated heterocycles. The molecule has 0 atom stereocenters. The Balaban J connectivity index is 3.42. The summed E-state index contributed by atoms with van der Waals surface area (Å²) in [5.74, 6) is -1.56. The predicted molar refractivity (Wildman–Crippen MR) is 43.5 cm³/mol. The molecule has 0 amide bonds. The van der Waals surface area contributed by atoms with Gasteiger partial charge in [-0.2, -0.15) is 13.2 Å². The molecule has 1 aromatic rings. The van der Waals surface area contributed by atoms with E-state index < -0.39 is 35.1 Å². The molecule has 0 aliphatic heterocycles. The Morgan fingerprint density at radius 2 is 1.71 bits per heavy atom. The van der Waals surface area contributed by atoms with Crippen LogP contribution >= 0.6 is 0 Å². The largest absolute Gasteiger partial charge is 0.573 e. The summed E-state index contributed by atoms with van der Waals surface area (Å²) in [5.41, 5.74) is -3.52. The van der Waals surface area contributed by atoms with Gasteiger partial charge in [0, 0.05) is 11.8 Å². The molecule has 3 nitrogen and oxygen atoms in total. The molecule has 0 spiro atoms. The fraction of sp³-hybridized carbons (Fsp3) is 0.375. The van der Waals surface area contributed by atoms with Crippen molar-refractivity contribution in [2.75, 3.05) is 0 Å². The fourth-order valence-corrected chi connectivity index (χ4v) is 1.22. The highest BCUT2D eigenvalue weighted by Crippen LogP contribution is 2.38. The van der Waals surface area contributed by atoms with E-state index in [0.29, 0.717) is 0 Å². The molecule has 1 rings (SSSR count). The Hall–Kier alpha value is -1.67. The van der Waals surface area contributed by atoms with E-state index in [0.717, 1.165) is 6.92 Å². The van der Waals surface area contributed by atoms with Crippen molar-refractivity contribution in [2.24, 2.45) is 0 Å². The van der Waals surface area contributed by atoms with Gasteiger partial charge in [0.1, 0.15) is 11.3 Å². The highest BCUT2D eigenvalue weighted by molar-refractivity contribution is 5.37. The van der Waals surface area contributed by atoms with Gasteiger partial charge >= 0.3 is 12.5 Å². The molecule has 0 radical (unpaired) electrons. The van der Waals surface area contributed by atoms with Gasteiger partial charge in [-0.25, -0.2) is 0 Å². The highest BCUT2D eigenvalue weighted by atomic mass is 19.4. The zero-order valence-electron chi connectivity index (χ0n) is 8.16. The Bertz CT molecular complexity index is 472. The molecule has 0 saturated carbocycles. The smallest absolute Gasteiger partial charge is 0.405 e. The highest BCUT2D eigenvalue weighted by Gasteiger charge is 2.41. The molecule has 0 aliphatic rings. The van der Waals surface area contributed by atoms with Crippen molar-refractivity contribution in [3.63, 3.8) is 0 Å². The number of halogens is 6. The van der Waals surface area contributed by atoms with Crippen LogP contribution in [0.1, 0.15) is 11.3 Å². The third-order valence-electron chi connectivity index (χ3n) is 1.70. The summed E-state index contributed by atoms with van der Waals surface area (Å²) in [6.07, 6.45) is -10.4. The van der Waals surface area contributed by atoms with Gasteiger partial charge in [0.05, 0.1) is 0 Å². The van der Waals surface area contributed by atoms with Gasteiger partial charge in [-0.15, -0.1) is 13.2 Å². The number of aromatic amines is 1. The lowest BCUT2D eigenvalue weighted by molar-refractivity contribution is -0.276. The van der Waals surface area contributed by atoms with Crippen LogP contribution in [0, 0.1) is 6.92 Å². The van der Waals surface area contributed by atoms with Crippen LogP contribution in [0.25, 0.3) is 0 Å². The maximum absolute atomic E-state index is 12.4. The quantitative estimate of drug-likeness (QED) is 0.789. The van der Waals surface area contributed by atoms with Crippen LogP contribution in [-0.4, -0.2) is 11.3 Å². The Labute approximate surface area is 90.0 Å². The van der Waals surface area contributed by atoms with Gasteiger partial charge in [-0.05, 0) is 6.92 Å². The molecular formula is C8H5F6NO2. The molecule has 96 valence electrons. The van der Waals surface area contributed by atoms with Crippen LogP contribution in [0.4, 0.5) is 26.3 Å². The monoisotopic (exact) mass is 261 g/mol. The van der Waals surface area contributed by atoms with E-state index >= 15 is 0 Å². The second-order valence-corrected chi connectivity index (χ2v) is 3.04. The zero-order chi connectivity index (χ0) is 13.4. The molecule has 1 N–H and O–H groups in total. The molecule has 0 aromatic carbocycles. The maximum atomic E-state index is 12.4. The van der Waals surface area contributed by atoms with E-state index in [4.69, 9.17) is 0 Å². The number of hydrogen-bond acceptors (Lipinski definition) is 2. The Kier molecular flexibility index (Phi) is 3.13. The summed E-state index contributed by atoms with van der Waals surface area (Å²) in [6, 6.07) is 0.101. The van der Waals surface area contributed by atoms with E-state index in [-0.39, 0.29) is 6.07 Å². The Morgan fingerprint density at radius 1 is 1.18 bits per heavy atom. The van der Waals surface area contributed by atoms with Crippen molar-refractivity contribution in [3.05, 3.63) is 27.7 Å². The minimum atomic E-state index is -5.31. The molecular weight excluding hydrogens is 256 g/mol. The zero-order valence-corrected chi connectivity index (χ0v) is 8.16. The first kappa shape index (κ1) is 13.4. The number of aromatic nitrogens is 1. The minimum Gasteiger partial charge on any atom is -0.405 e. The average Bonchev–Trinajstić information content (AvgIpc) is 1.94. The van der Waals surface area contributed by atoms with Crippen LogP contribution < -0.4 is 10.3 Å². The standard InChI is InChI=1S/C8H5F6NO2/c1-3-6(7(9,10)11)4(2-5(16)15-3)17-8(12,13)14/h2H,1H3,(H,15,16). The lowest BCUT2D eigenvalue weighted by Crippen LogP contribution is -2.23. The number of ether oxygens (including phenoxy) is 1. The van der Waals surface area contributed by atoms with Gasteiger partial charge in [0.25, 0.3) is 5.56 Å². The maximum Gasteiger partial charge on any atom is 0.573 e. The second kappa shape index (κ2) is 3.97. The SMILES string of the molecule is Cc1[nH]c(=O)cc(OC(F)(F)F)c1C(F)(F)F. The minimum absolute atomic E-state index is 0.101. The van der Waals surface area contributed by atoms with Crippen LogP contribution in [0.15, 0.2) is 10.9 Å². The van der Waals surface area contributed by atoms with E-state index in [1.165, 1.54) is 0 Å². The summed E-state index contributed by atoms with van der Waals surface area (Å²) < 4.78 is 76.1. The van der Waals surface area contributed by atoms with Crippen molar-refractivity contribution < 1.29 is 31.1 Å². The molecule has 0 fully saturated rings. The number of rotatable bonds is 1. The molecule has 0 aliphatic carbocycles. The van der Waals surface area contributed by atoms with Crippen LogP contribution in [-0.2, 0) is 6.18 Å². The van der Waals surface area contributed by atoms with Crippen LogP contribution in [0.2, 0.25) is 0 Å². The number of hydrogen-bond donors (Lipinski definition) is 1. The summed E-state index contributed by atoms with van der Waals surface area (Å²) in [7, 11) is 0. The third-order valence-corrected chi connectivity index (χ3v) is 1.70. The van der Waals surface area contributed by atoms with E-state index in [1.807, 2.05) is 0 Å². The predicted octanol–water partition coefficient (Wildman–Crippen LogP) is 2.60. The molecule has 17 heavy (non-hydrogen) atoms.